The number of sulfone groups is 1. The molecule has 104 valence electrons. The molecule has 2 aromatic rings. The van der Waals surface area contributed by atoms with Crippen molar-refractivity contribution in [1.82, 2.24) is 4.57 Å². The van der Waals surface area contributed by atoms with Gasteiger partial charge in [0.2, 0.25) is 0 Å². The fraction of sp³-hybridized carbons (Fsp3) is 0.429. The Kier molecular flexibility index (Phi) is 3.67. The predicted molar refractivity (Wildman–Crippen MR) is 75.3 cm³/mol. The minimum atomic E-state index is -3.16. The van der Waals surface area contributed by atoms with E-state index < -0.39 is 15.1 Å². The zero-order valence-corrected chi connectivity index (χ0v) is 12.2. The van der Waals surface area contributed by atoms with E-state index in [1.165, 1.54) is 12.1 Å². The van der Waals surface area contributed by atoms with Crippen LogP contribution in [0.15, 0.2) is 24.3 Å². The molecule has 3 nitrogen and oxygen atoms in total. The third-order valence-electron chi connectivity index (χ3n) is 3.34. The molecule has 0 bridgehead atoms. The summed E-state index contributed by atoms with van der Waals surface area (Å²) in [6.07, 6.45) is 0. The van der Waals surface area contributed by atoms with E-state index in [1.807, 2.05) is 17.6 Å². The van der Waals surface area contributed by atoms with Gasteiger partial charge < -0.3 is 4.57 Å². The largest absolute Gasteiger partial charge is 0.344 e. The van der Waals surface area contributed by atoms with Crippen molar-refractivity contribution in [3.8, 4) is 0 Å². The van der Waals surface area contributed by atoms with Gasteiger partial charge in [0, 0.05) is 17.6 Å². The number of aromatic nitrogens is 1. The fourth-order valence-electron chi connectivity index (χ4n) is 2.15. The van der Waals surface area contributed by atoms with Crippen molar-refractivity contribution < 1.29 is 12.8 Å². The lowest BCUT2D eigenvalue weighted by Gasteiger charge is -2.10. The van der Waals surface area contributed by atoms with Crippen LogP contribution in [-0.4, -0.2) is 18.2 Å². The van der Waals surface area contributed by atoms with Crippen molar-refractivity contribution in [1.29, 1.82) is 0 Å². The van der Waals surface area contributed by atoms with Crippen molar-refractivity contribution in [2.45, 2.75) is 38.3 Å². The Morgan fingerprint density at radius 3 is 2.53 bits per heavy atom. The molecule has 0 unspecified atom stereocenters. The maximum Gasteiger partial charge on any atom is 0.158 e. The smallest absolute Gasteiger partial charge is 0.158 e. The normalized spacial score (nSPS) is 12.5. The maximum absolute atomic E-state index is 13.3. The topological polar surface area (TPSA) is 39.1 Å². The summed E-state index contributed by atoms with van der Waals surface area (Å²) in [7, 11) is -3.16. The van der Waals surface area contributed by atoms with Crippen molar-refractivity contribution in [3.63, 3.8) is 0 Å². The van der Waals surface area contributed by atoms with Gasteiger partial charge in [0.15, 0.2) is 9.84 Å². The lowest BCUT2D eigenvalue weighted by atomic mass is 10.2. The predicted octanol–water partition coefficient (Wildman–Crippen LogP) is 3.12. The van der Waals surface area contributed by atoms with Crippen LogP contribution >= 0.6 is 0 Å². The number of halogens is 1. The summed E-state index contributed by atoms with van der Waals surface area (Å²) in [4.78, 5) is 0. The number of aryl methyl sites for hydroxylation is 1. The second-order valence-electron chi connectivity index (χ2n) is 4.94. The standard InChI is InChI=1S/C14H18FNO2S/c1-4-16-13(9-19(17,18)10(2)3)7-11-5-6-12(15)8-14(11)16/h5-8,10H,4,9H2,1-3H3. The summed E-state index contributed by atoms with van der Waals surface area (Å²) in [6, 6.07) is 6.36. The molecule has 0 saturated carbocycles. The summed E-state index contributed by atoms with van der Waals surface area (Å²) in [6.45, 7) is 5.90. The first-order chi connectivity index (χ1) is 8.85. The molecule has 0 amide bonds. The van der Waals surface area contributed by atoms with Crippen molar-refractivity contribution in [2.24, 2.45) is 0 Å². The van der Waals surface area contributed by atoms with E-state index >= 15 is 0 Å². The molecule has 1 heterocycles. The summed E-state index contributed by atoms with van der Waals surface area (Å²) < 4.78 is 39.2. The van der Waals surface area contributed by atoms with Crippen molar-refractivity contribution in [2.75, 3.05) is 0 Å². The molecule has 0 aliphatic heterocycles. The zero-order valence-electron chi connectivity index (χ0n) is 11.4. The number of nitrogens with zero attached hydrogens (tertiary/aromatic N) is 1. The van der Waals surface area contributed by atoms with Crippen LogP contribution in [0.3, 0.4) is 0 Å². The first kappa shape index (κ1) is 14.1. The van der Waals surface area contributed by atoms with E-state index in [0.29, 0.717) is 6.54 Å². The highest BCUT2D eigenvalue weighted by Gasteiger charge is 2.20. The molecule has 0 fully saturated rings. The van der Waals surface area contributed by atoms with Gasteiger partial charge in [-0.25, -0.2) is 12.8 Å². The second kappa shape index (κ2) is 4.96. The molecular formula is C14H18FNO2S. The van der Waals surface area contributed by atoms with Gasteiger partial charge in [-0.05, 0) is 45.0 Å². The lowest BCUT2D eigenvalue weighted by molar-refractivity contribution is 0.584. The minimum absolute atomic E-state index is 0.00515. The van der Waals surface area contributed by atoms with Crippen LogP contribution in [-0.2, 0) is 22.1 Å². The molecule has 2 rings (SSSR count). The molecule has 19 heavy (non-hydrogen) atoms. The maximum atomic E-state index is 13.3. The molecule has 1 aromatic heterocycles. The summed E-state index contributed by atoms with van der Waals surface area (Å²) in [5.74, 6) is -0.312. The molecule has 0 aliphatic carbocycles. The summed E-state index contributed by atoms with van der Waals surface area (Å²) in [5.41, 5.74) is 1.47. The van der Waals surface area contributed by atoms with Crippen LogP contribution < -0.4 is 0 Å². The van der Waals surface area contributed by atoms with Crippen molar-refractivity contribution in [3.05, 3.63) is 35.8 Å². The van der Waals surface area contributed by atoms with Crippen LogP contribution in [0, 0.1) is 5.82 Å². The Hall–Kier alpha value is -1.36. The van der Waals surface area contributed by atoms with Crippen LogP contribution in [0.4, 0.5) is 4.39 Å². The molecular weight excluding hydrogens is 265 g/mol. The molecule has 1 aromatic carbocycles. The number of rotatable bonds is 4. The highest BCUT2D eigenvalue weighted by Crippen LogP contribution is 2.23. The molecule has 0 atom stereocenters. The highest BCUT2D eigenvalue weighted by molar-refractivity contribution is 7.91. The van der Waals surface area contributed by atoms with E-state index in [9.17, 15) is 12.8 Å². The quantitative estimate of drug-likeness (QED) is 0.864. The molecule has 0 aliphatic rings. The molecule has 0 radical (unpaired) electrons. The Bertz CT molecular complexity index is 702. The van der Waals surface area contributed by atoms with E-state index in [4.69, 9.17) is 0 Å². The molecule has 0 spiro atoms. The van der Waals surface area contributed by atoms with E-state index in [1.54, 1.807) is 19.9 Å². The first-order valence-electron chi connectivity index (χ1n) is 6.34. The zero-order chi connectivity index (χ0) is 14.2. The Labute approximate surface area is 113 Å². The number of hydrogen-bond donors (Lipinski definition) is 0. The van der Waals surface area contributed by atoms with Crippen molar-refractivity contribution >= 4 is 20.7 Å². The average molecular weight is 283 g/mol. The monoisotopic (exact) mass is 283 g/mol. The average Bonchev–Trinajstić information content (AvgIpc) is 2.64. The number of hydrogen-bond acceptors (Lipinski definition) is 2. The van der Waals surface area contributed by atoms with Gasteiger partial charge in [-0.2, -0.15) is 0 Å². The number of fused-ring (bicyclic) bond motifs is 1. The second-order valence-corrected chi connectivity index (χ2v) is 7.50. The summed E-state index contributed by atoms with van der Waals surface area (Å²) in [5, 5.41) is 0.463. The van der Waals surface area contributed by atoms with E-state index in [2.05, 4.69) is 0 Å². The van der Waals surface area contributed by atoms with Gasteiger partial charge in [0.1, 0.15) is 5.82 Å². The minimum Gasteiger partial charge on any atom is -0.344 e. The van der Waals surface area contributed by atoms with Gasteiger partial charge in [-0.1, -0.05) is 0 Å². The van der Waals surface area contributed by atoms with E-state index in [-0.39, 0.29) is 11.6 Å². The third-order valence-corrected chi connectivity index (χ3v) is 5.47. The number of benzene rings is 1. The van der Waals surface area contributed by atoms with Gasteiger partial charge in [0.25, 0.3) is 0 Å². The molecule has 0 saturated heterocycles. The van der Waals surface area contributed by atoms with Gasteiger partial charge in [0.05, 0.1) is 16.5 Å². The van der Waals surface area contributed by atoms with E-state index in [0.717, 1.165) is 16.6 Å². The van der Waals surface area contributed by atoms with Gasteiger partial charge in [-0.15, -0.1) is 0 Å². The van der Waals surface area contributed by atoms with Gasteiger partial charge >= 0.3 is 0 Å². The highest BCUT2D eigenvalue weighted by atomic mass is 32.2. The van der Waals surface area contributed by atoms with Crippen LogP contribution in [0.2, 0.25) is 0 Å². The Balaban J connectivity index is 2.55. The third kappa shape index (κ3) is 2.66. The molecule has 5 heteroatoms. The van der Waals surface area contributed by atoms with Gasteiger partial charge in [-0.3, -0.25) is 0 Å². The SMILES string of the molecule is CCn1c(CS(=O)(=O)C(C)C)cc2ccc(F)cc21. The Morgan fingerprint density at radius 1 is 1.26 bits per heavy atom. The lowest BCUT2D eigenvalue weighted by Crippen LogP contribution is -2.18. The molecule has 0 N–H and O–H groups in total. The van der Waals surface area contributed by atoms with Crippen LogP contribution in [0.1, 0.15) is 26.5 Å². The Morgan fingerprint density at radius 2 is 1.95 bits per heavy atom. The van der Waals surface area contributed by atoms with Crippen LogP contribution in [0.25, 0.3) is 10.9 Å². The summed E-state index contributed by atoms with van der Waals surface area (Å²) >= 11 is 0. The first-order valence-corrected chi connectivity index (χ1v) is 8.06. The van der Waals surface area contributed by atoms with Crippen LogP contribution in [0.5, 0.6) is 0 Å². The fourth-order valence-corrected chi connectivity index (χ4v) is 3.14.